The molecule has 2 nitrogen and oxygen atoms in total. The Bertz CT molecular complexity index is 1070. The maximum atomic E-state index is 2.63. The van der Waals surface area contributed by atoms with Crippen LogP contribution < -0.4 is 4.57 Å². The van der Waals surface area contributed by atoms with Gasteiger partial charge in [-0.05, 0) is 61.3 Å². The quantitative estimate of drug-likeness (QED) is 0.325. The maximum Gasteiger partial charge on any atom is 0.213 e. The lowest BCUT2D eigenvalue weighted by Gasteiger charge is -2.25. The van der Waals surface area contributed by atoms with Crippen molar-refractivity contribution in [2.24, 2.45) is 0 Å². The summed E-state index contributed by atoms with van der Waals surface area (Å²) < 4.78 is 2.53. The van der Waals surface area contributed by atoms with Crippen LogP contribution >= 0.6 is 0 Å². The summed E-state index contributed by atoms with van der Waals surface area (Å²) in [6.45, 7) is 4.53. The molecule has 0 spiro atoms. The van der Waals surface area contributed by atoms with Crippen LogP contribution in [0, 0.1) is 0 Å². The Kier molecular flexibility index (Phi) is 6.41. The van der Waals surface area contributed by atoms with Crippen molar-refractivity contribution in [2.75, 3.05) is 19.6 Å². The van der Waals surface area contributed by atoms with E-state index in [1.54, 1.807) is 0 Å². The molecular weight excluding hydrogens is 388 g/mol. The summed E-state index contributed by atoms with van der Waals surface area (Å²) >= 11 is 0. The van der Waals surface area contributed by atoms with Gasteiger partial charge in [-0.3, -0.25) is 4.90 Å². The van der Waals surface area contributed by atoms with E-state index >= 15 is 0 Å². The Hall–Kier alpha value is -3.23. The molecular formula is C30H31N2+. The van der Waals surface area contributed by atoms with Crippen LogP contribution in [-0.4, -0.2) is 24.5 Å². The smallest absolute Gasteiger partial charge is 0.213 e. The summed E-state index contributed by atoms with van der Waals surface area (Å²) in [4.78, 5) is 2.63. The van der Waals surface area contributed by atoms with Crippen molar-refractivity contribution >= 4 is 0 Å². The van der Waals surface area contributed by atoms with Gasteiger partial charge in [-0.1, -0.05) is 73.2 Å². The van der Waals surface area contributed by atoms with Crippen molar-refractivity contribution in [3.05, 3.63) is 103 Å². The average molecular weight is 420 g/mol. The van der Waals surface area contributed by atoms with Crippen molar-refractivity contribution in [1.82, 2.24) is 4.90 Å². The molecule has 0 radical (unpaired) electrons. The van der Waals surface area contributed by atoms with Crippen molar-refractivity contribution in [3.8, 4) is 33.6 Å². The van der Waals surface area contributed by atoms with E-state index in [-0.39, 0.29) is 0 Å². The van der Waals surface area contributed by atoms with E-state index < -0.39 is 0 Å². The second-order valence-corrected chi connectivity index (χ2v) is 8.67. The molecule has 0 atom stereocenters. The second-order valence-electron chi connectivity index (χ2n) is 8.67. The highest BCUT2D eigenvalue weighted by Crippen LogP contribution is 2.29. The first-order valence-corrected chi connectivity index (χ1v) is 11.8. The SMILES string of the molecule is c1ccc(-c2cc(-c3ccccc3)[n+](CCN3CCCCC3)c(-c3ccccc3)c2)cc1. The first-order valence-electron chi connectivity index (χ1n) is 11.8. The van der Waals surface area contributed by atoms with Gasteiger partial charge in [-0.25, -0.2) is 0 Å². The Morgan fingerprint density at radius 2 is 1.00 bits per heavy atom. The molecule has 1 aliphatic rings. The van der Waals surface area contributed by atoms with E-state index in [0.717, 1.165) is 13.1 Å². The summed E-state index contributed by atoms with van der Waals surface area (Å²) in [5.41, 5.74) is 7.61. The number of piperidine rings is 1. The van der Waals surface area contributed by atoms with Gasteiger partial charge in [-0.2, -0.15) is 4.57 Å². The van der Waals surface area contributed by atoms with E-state index in [9.17, 15) is 0 Å². The van der Waals surface area contributed by atoms with Crippen molar-refractivity contribution in [2.45, 2.75) is 25.8 Å². The molecule has 4 aromatic rings. The molecule has 2 heterocycles. The first-order chi connectivity index (χ1) is 15.9. The van der Waals surface area contributed by atoms with Gasteiger partial charge < -0.3 is 0 Å². The highest BCUT2D eigenvalue weighted by atomic mass is 15.2. The van der Waals surface area contributed by atoms with Crippen LogP contribution in [0.1, 0.15) is 19.3 Å². The van der Waals surface area contributed by atoms with Gasteiger partial charge >= 0.3 is 0 Å². The van der Waals surface area contributed by atoms with Crippen LogP contribution in [0.2, 0.25) is 0 Å². The fourth-order valence-electron chi connectivity index (χ4n) is 4.78. The van der Waals surface area contributed by atoms with Gasteiger partial charge in [0.2, 0.25) is 11.4 Å². The Balaban J connectivity index is 1.66. The van der Waals surface area contributed by atoms with Gasteiger partial charge in [0.15, 0.2) is 6.54 Å². The first kappa shape index (κ1) is 20.7. The predicted octanol–water partition coefficient (Wildman–Crippen LogP) is 6.46. The number of aromatic nitrogens is 1. The fourth-order valence-corrected chi connectivity index (χ4v) is 4.78. The predicted molar refractivity (Wildman–Crippen MR) is 133 cm³/mol. The van der Waals surface area contributed by atoms with E-state index in [1.807, 2.05) is 0 Å². The van der Waals surface area contributed by atoms with E-state index in [0.29, 0.717) is 0 Å². The van der Waals surface area contributed by atoms with E-state index in [2.05, 4.69) is 113 Å². The summed E-state index contributed by atoms with van der Waals surface area (Å²) in [6.07, 6.45) is 4.03. The maximum absolute atomic E-state index is 2.63. The summed E-state index contributed by atoms with van der Waals surface area (Å²) in [5.74, 6) is 0. The number of nitrogens with zero attached hydrogens (tertiary/aromatic N) is 2. The number of pyridine rings is 1. The lowest BCUT2D eigenvalue weighted by molar-refractivity contribution is -0.675. The monoisotopic (exact) mass is 419 g/mol. The van der Waals surface area contributed by atoms with Crippen molar-refractivity contribution < 1.29 is 4.57 Å². The molecule has 1 saturated heterocycles. The third-order valence-corrected chi connectivity index (χ3v) is 6.50. The molecule has 0 unspecified atom stereocenters. The van der Waals surface area contributed by atoms with E-state index in [4.69, 9.17) is 0 Å². The number of benzene rings is 3. The molecule has 0 N–H and O–H groups in total. The number of rotatable bonds is 6. The zero-order chi connectivity index (χ0) is 21.6. The van der Waals surface area contributed by atoms with Gasteiger partial charge in [0, 0.05) is 23.3 Å². The van der Waals surface area contributed by atoms with Gasteiger partial charge in [0.05, 0.1) is 6.54 Å². The minimum atomic E-state index is 0.990. The molecule has 1 aromatic heterocycles. The van der Waals surface area contributed by atoms with Crippen molar-refractivity contribution in [1.29, 1.82) is 0 Å². The number of likely N-dealkylation sites (tertiary alicyclic amines) is 1. The topological polar surface area (TPSA) is 7.12 Å². The van der Waals surface area contributed by atoms with Gasteiger partial charge in [0.25, 0.3) is 0 Å². The van der Waals surface area contributed by atoms with Crippen LogP contribution in [0.25, 0.3) is 33.6 Å². The highest BCUT2D eigenvalue weighted by Gasteiger charge is 2.23. The van der Waals surface area contributed by atoms with Crippen molar-refractivity contribution in [3.63, 3.8) is 0 Å². The second kappa shape index (κ2) is 9.93. The minimum Gasteiger partial charge on any atom is -0.297 e. The zero-order valence-electron chi connectivity index (χ0n) is 18.7. The standard InChI is InChI=1S/C30H31N2/c1-5-13-25(14-6-1)28-23-29(26-15-7-2-8-16-26)32(22-21-31-19-11-4-12-20-31)30(24-28)27-17-9-3-10-18-27/h1-3,5-10,13-18,23-24H,4,11-12,19-22H2/q+1. The molecule has 0 bridgehead atoms. The Labute approximate surface area is 191 Å². The van der Waals surface area contributed by atoms with Crippen LogP contribution in [0.15, 0.2) is 103 Å². The molecule has 0 aliphatic carbocycles. The molecule has 1 aliphatic heterocycles. The molecule has 3 aromatic carbocycles. The lowest BCUT2D eigenvalue weighted by Crippen LogP contribution is -2.45. The number of hydrogen-bond donors (Lipinski definition) is 0. The Morgan fingerprint density at radius 3 is 1.50 bits per heavy atom. The van der Waals surface area contributed by atoms with Gasteiger partial charge in [-0.15, -0.1) is 0 Å². The normalized spacial score (nSPS) is 14.4. The van der Waals surface area contributed by atoms with Crippen LogP contribution in [-0.2, 0) is 6.54 Å². The fraction of sp³-hybridized carbons (Fsp3) is 0.233. The zero-order valence-corrected chi connectivity index (χ0v) is 18.7. The molecule has 160 valence electrons. The van der Waals surface area contributed by atoms with Crippen LogP contribution in [0.3, 0.4) is 0 Å². The summed E-state index contributed by atoms with van der Waals surface area (Å²) in [7, 11) is 0. The summed E-state index contributed by atoms with van der Waals surface area (Å²) in [6, 6.07) is 37.2. The van der Waals surface area contributed by atoms with E-state index in [1.165, 1.54) is 66.0 Å². The third-order valence-electron chi connectivity index (χ3n) is 6.50. The molecule has 1 fully saturated rings. The summed E-state index contributed by atoms with van der Waals surface area (Å²) in [5, 5.41) is 0. The Morgan fingerprint density at radius 1 is 0.531 bits per heavy atom. The largest absolute Gasteiger partial charge is 0.297 e. The lowest BCUT2D eigenvalue weighted by atomic mass is 9.99. The molecule has 0 saturated carbocycles. The van der Waals surface area contributed by atoms with Crippen LogP contribution in [0.4, 0.5) is 0 Å². The molecule has 32 heavy (non-hydrogen) atoms. The number of hydrogen-bond acceptors (Lipinski definition) is 1. The van der Waals surface area contributed by atoms with Crippen LogP contribution in [0.5, 0.6) is 0 Å². The third kappa shape index (κ3) is 4.66. The molecule has 0 amide bonds. The molecule has 5 rings (SSSR count). The average Bonchev–Trinajstić information content (AvgIpc) is 2.89. The highest BCUT2D eigenvalue weighted by molar-refractivity contribution is 5.73. The van der Waals surface area contributed by atoms with Gasteiger partial charge in [0.1, 0.15) is 0 Å². The minimum absolute atomic E-state index is 0.990. The molecule has 2 heteroatoms.